The average molecular weight is 697 g/mol. The van der Waals surface area contributed by atoms with E-state index in [-0.39, 0.29) is 5.41 Å². The lowest BCUT2D eigenvalue weighted by Crippen LogP contribution is -2.28. The predicted octanol–water partition coefficient (Wildman–Crippen LogP) is 14.0. The lowest BCUT2D eigenvalue weighted by Gasteiger charge is -2.34. The third kappa shape index (κ3) is 5.32. The molecule has 0 radical (unpaired) electrons. The maximum Gasteiger partial charge on any atom is 0.0538 e. The molecule has 262 valence electrons. The molecule has 1 aliphatic carbocycles. The SMILES string of the molecule is C=C1/C(C)=C(c2ccc3c(c2)c2c(n3-c3ccccc3)C(C)(c3ccccc3)CC=C2)\C(C)=C(\C)N(c2ccc(-c3ccccc3)cc2)c2ccccc21. The smallest absolute Gasteiger partial charge is 0.0538 e. The van der Waals surface area contributed by atoms with Crippen LogP contribution < -0.4 is 4.90 Å². The van der Waals surface area contributed by atoms with E-state index in [9.17, 15) is 0 Å². The van der Waals surface area contributed by atoms with Gasteiger partial charge in [-0.15, -0.1) is 0 Å². The van der Waals surface area contributed by atoms with Crippen molar-refractivity contribution < 1.29 is 0 Å². The van der Waals surface area contributed by atoms with Crippen LogP contribution in [-0.4, -0.2) is 4.57 Å². The Hall–Kier alpha value is -6.38. The van der Waals surface area contributed by atoms with Gasteiger partial charge >= 0.3 is 0 Å². The van der Waals surface area contributed by atoms with Gasteiger partial charge in [0.1, 0.15) is 0 Å². The first kappa shape index (κ1) is 33.5. The van der Waals surface area contributed by atoms with E-state index < -0.39 is 0 Å². The second kappa shape index (κ2) is 13.2. The molecule has 1 unspecified atom stereocenters. The summed E-state index contributed by atoms with van der Waals surface area (Å²) >= 11 is 0. The second-order valence-corrected chi connectivity index (χ2v) is 14.9. The Bertz CT molecular complexity index is 2650. The largest absolute Gasteiger partial charge is 0.314 e. The van der Waals surface area contributed by atoms with Crippen molar-refractivity contribution in [2.75, 3.05) is 4.90 Å². The highest BCUT2D eigenvalue weighted by molar-refractivity contribution is 6.02. The molecule has 2 aliphatic rings. The second-order valence-electron chi connectivity index (χ2n) is 14.9. The van der Waals surface area contributed by atoms with Crippen LogP contribution in [-0.2, 0) is 5.41 Å². The summed E-state index contributed by atoms with van der Waals surface area (Å²) in [4.78, 5) is 2.41. The molecule has 2 nitrogen and oxygen atoms in total. The van der Waals surface area contributed by atoms with E-state index in [1.807, 2.05) is 0 Å². The summed E-state index contributed by atoms with van der Waals surface area (Å²) in [7, 11) is 0. The molecule has 7 aromatic rings. The summed E-state index contributed by atoms with van der Waals surface area (Å²) in [6.45, 7) is 14.0. The van der Waals surface area contributed by atoms with Crippen LogP contribution in [0.25, 0.3) is 44.9 Å². The minimum absolute atomic E-state index is 0.198. The number of fused-ring (bicyclic) bond motifs is 4. The molecule has 1 aromatic heterocycles. The summed E-state index contributed by atoms with van der Waals surface area (Å²) in [5.41, 5.74) is 19.1. The van der Waals surface area contributed by atoms with Crippen molar-refractivity contribution in [3.05, 3.63) is 215 Å². The van der Waals surface area contributed by atoms with Gasteiger partial charge in [-0.3, -0.25) is 0 Å². The molecule has 0 bridgehead atoms. The summed E-state index contributed by atoms with van der Waals surface area (Å²) in [5, 5.41) is 1.26. The van der Waals surface area contributed by atoms with E-state index in [2.05, 4.69) is 207 Å². The average Bonchev–Trinajstić information content (AvgIpc) is 3.57. The van der Waals surface area contributed by atoms with Crippen molar-refractivity contribution >= 4 is 39.5 Å². The number of rotatable bonds is 5. The maximum atomic E-state index is 4.76. The van der Waals surface area contributed by atoms with Crippen LogP contribution in [0.4, 0.5) is 11.4 Å². The minimum atomic E-state index is -0.198. The number of benzene rings is 6. The van der Waals surface area contributed by atoms with Crippen LogP contribution >= 0.6 is 0 Å². The van der Waals surface area contributed by atoms with E-state index in [1.54, 1.807) is 0 Å². The van der Waals surface area contributed by atoms with Gasteiger partial charge in [-0.25, -0.2) is 0 Å². The number of hydrogen-bond donors (Lipinski definition) is 0. The topological polar surface area (TPSA) is 8.17 Å². The molecular weight excluding hydrogens is 653 g/mol. The van der Waals surface area contributed by atoms with Gasteiger partial charge in [0.15, 0.2) is 0 Å². The normalized spacial score (nSPS) is 19.7. The summed E-state index contributed by atoms with van der Waals surface area (Å²) in [6.07, 6.45) is 5.66. The summed E-state index contributed by atoms with van der Waals surface area (Å²) in [5.74, 6) is 0. The van der Waals surface area contributed by atoms with Crippen molar-refractivity contribution in [3.8, 4) is 16.8 Å². The van der Waals surface area contributed by atoms with Gasteiger partial charge < -0.3 is 9.47 Å². The first-order chi connectivity index (χ1) is 26.3. The van der Waals surface area contributed by atoms with E-state index in [4.69, 9.17) is 6.58 Å². The highest BCUT2D eigenvalue weighted by Crippen LogP contribution is 2.49. The van der Waals surface area contributed by atoms with Crippen molar-refractivity contribution in [1.82, 2.24) is 4.57 Å². The first-order valence-electron chi connectivity index (χ1n) is 18.9. The highest BCUT2D eigenvalue weighted by atomic mass is 15.1. The Morgan fingerprint density at radius 2 is 1.20 bits per heavy atom. The predicted molar refractivity (Wildman–Crippen MR) is 230 cm³/mol. The molecule has 2 heteroatoms. The molecule has 54 heavy (non-hydrogen) atoms. The number of aromatic nitrogens is 1. The van der Waals surface area contributed by atoms with Crippen LogP contribution in [0.3, 0.4) is 0 Å². The number of hydrogen-bond acceptors (Lipinski definition) is 1. The number of para-hydroxylation sites is 2. The van der Waals surface area contributed by atoms with Crippen LogP contribution in [0.5, 0.6) is 0 Å². The molecule has 9 rings (SSSR count). The van der Waals surface area contributed by atoms with Crippen LogP contribution in [0.2, 0.25) is 0 Å². The third-order valence-electron chi connectivity index (χ3n) is 11.8. The summed E-state index contributed by atoms with van der Waals surface area (Å²) in [6, 6.07) is 57.2. The molecule has 1 atom stereocenters. The zero-order chi connectivity index (χ0) is 37.0. The number of allylic oxidation sites excluding steroid dienone is 6. The first-order valence-corrected chi connectivity index (χ1v) is 18.9. The van der Waals surface area contributed by atoms with Gasteiger partial charge in [0.25, 0.3) is 0 Å². The van der Waals surface area contributed by atoms with Crippen molar-refractivity contribution in [3.63, 3.8) is 0 Å². The van der Waals surface area contributed by atoms with Gasteiger partial charge in [-0.05, 0) is 121 Å². The zero-order valence-corrected chi connectivity index (χ0v) is 31.5. The van der Waals surface area contributed by atoms with Crippen molar-refractivity contribution in [2.24, 2.45) is 0 Å². The Morgan fingerprint density at radius 1 is 0.593 bits per heavy atom. The fraction of sp³-hybridized carbons (Fsp3) is 0.115. The number of nitrogens with zero attached hydrogens (tertiary/aromatic N) is 2. The molecule has 0 spiro atoms. The molecule has 0 amide bonds. The lowest BCUT2D eigenvalue weighted by molar-refractivity contribution is 0.547. The monoisotopic (exact) mass is 696 g/mol. The van der Waals surface area contributed by atoms with Crippen molar-refractivity contribution in [2.45, 2.75) is 39.5 Å². The quantitative estimate of drug-likeness (QED) is 0.174. The highest BCUT2D eigenvalue weighted by Gasteiger charge is 2.37. The Morgan fingerprint density at radius 3 is 1.93 bits per heavy atom. The fourth-order valence-corrected chi connectivity index (χ4v) is 8.88. The molecule has 0 saturated carbocycles. The summed E-state index contributed by atoms with van der Waals surface area (Å²) < 4.78 is 2.51. The Labute approximate surface area is 319 Å². The standard InChI is InChI=1S/C52H44N2/c1-35-36(2)50(37(3)38(4)53(48-26-16-15-24-45(35)48)44-30-27-40(28-31-44)39-18-9-6-10-19-39)41-29-32-49-47(34-41)46-25-17-33-52(5,42-20-11-7-12-21-42)51(46)54(49)43-22-13-8-14-23-43/h6-32,34H,1,33H2,2-5H3/b38-37-,50-36+. The van der Waals surface area contributed by atoms with Gasteiger partial charge in [0.2, 0.25) is 0 Å². The van der Waals surface area contributed by atoms with E-state index in [1.165, 1.54) is 72.5 Å². The number of anilines is 2. The lowest BCUT2D eigenvalue weighted by atomic mass is 9.72. The molecule has 0 saturated heterocycles. The van der Waals surface area contributed by atoms with Crippen LogP contribution in [0.1, 0.15) is 62.1 Å². The third-order valence-corrected chi connectivity index (χ3v) is 11.8. The molecule has 2 heterocycles. The van der Waals surface area contributed by atoms with Gasteiger partial charge in [0.05, 0.1) is 11.2 Å². The zero-order valence-electron chi connectivity index (χ0n) is 31.5. The van der Waals surface area contributed by atoms with Gasteiger partial charge in [0, 0.05) is 44.7 Å². The van der Waals surface area contributed by atoms with Crippen LogP contribution in [0.15, 0.2) is 187 Å². The van der Waals surface area contributed by atoms with E-state index in [0.717, 1.165) is 28.9 Å². The van der Waals surface area contributed by atoms with Crippen molar-refractivity contribution in [1.29, 1.82) is 0 Å². The maximum absolute atomic E-state index is 4.76. The molecule has 1 aliphatic heterocycles. The van der Waals surface area contributed by atoms with E-state index in [0.29, 0.717) is 0 Å². The van der Waals surface area contributed by atoms with Crippen LogP contribution in [0, 0.1) is 0 Å². The van der Waals surface area contributed by atoms with E-state index >= 15 is 0 Å². The minimum Gasteiger partial charge on any atom is -0.314 e. The fourth-order valence-electron chi connectivity index (χ4n) is 8.88. The molecule has 0 N–H and O–H groups in total. The molecular formula is C52H44N2. The van der Waals surface area contributed by atoms with Gasteiger partial charge in [-0.1, -0.05) is 134 Å². The Balaban J connectivity index is 1.25. The Kier molecular flexibility index (Phi) is 8.20. The van der Waals surface area contributed by atoms with Gasteiger partial charge in [-0.2, -0.15) is 0 Å². The molecule has 0 fully saturated rings. The molecule has 6 aromatic carbocycles.